The lowest BCUT2D eigenvalue weighted by molar-refractivity contribution is -0.341. The number of hydrogen-bond acceptors (Lipinski definition) is 3. The van der Waals surface area contributed by atoms with Crippen LogP contribution in [-0.2, 0) is 9.53 Å². The Labute approximate surface area is 113 Å². The summed E-state index contributed by atoms with van der Waals surface area (Å²) < 4.78 is 104. The van der Waals surface area contributed by atoms with Crippen molar-refractivity contribution in [3.05, 3.63) is 12.7 Å². The second-order valence-electron chi connectivity index (χ2n) is 3.84. The van der Waals surface area contributed by atoms with Gasteiger partial charge in [0.25, 0.3) is 0 Å². The van der Waals surface area contributed by atoms with Crippen LogP contribution in [0.15, 0.2) is 12.7 Å². The smallest absolute Gasteiger partial charge is 0.377 e. The Balaban J connectivity index is 4.89. The van der Waals surface area contributed by atoms with Gasteiger partial charge in [-0.2, -0.15) is 26.3 Å². The Morgan fingerprint density at radius 1 is 1.19 bits per heavy atom. The summed E-state index contributed by atoms with van der Waals surface area (Å²) in [6.45, 7) is 2.88. The van der Waals surface area contributed by atoms with Gasteiger partial charge in [0.2, 0.25) is 6.29 Å². The molecule has 0 aliphatic rings. The van der Waals surface area contributed by atoms with Crippen LogP contribution in [0.2, 0.25) is 0 Å². The van der Waals surface area contributed by atoms with E-state index in [-0.39, 0.29) is 0 Å². The van der Waals surface area contributed by atoms with Crippen LogP contribution in [0.1, 0.15) is 12.8 Å². The highest BCUT2D eigenvalue weighted by atomic mass is 19.4. The minimum absolute atomic E-state index is 0.515. The maximum Gasteiger partial charge on any atom is 0.377 e. The lowest BCUT2D eigenvalue weighted by atomic mass is 10.00. The van der Waals surface area contributed by atoms with E-state index in [2.05, 4.69) is 11.3 Å². The summed E-state index contributed by atoms with van der Waals surface area (Å²) in [6.07, 6.45) is -10.3. The van der Waals surface area contributed by atoms with Crippen LogP contribution in [0.25, 0.3) is 0 Å². The number of aliphatic hydroxyl groups is 1. The first-order valence-corrected chi connectivity index (χ1v) is 5.22. The zero-order valence-corrected chi connectivity index (χ0v) is 10.1. The molecule has 0 aromatic rings. The van der Waals surface area contributed by atoms with Crippen molar-refractivity contribution in [1.82, 2.24) is 0 Å². The molecule has 0 heterocycles. The molecule has 0 spiro atoms. The van der Waals surface area contributed by atoms with Crippen LogP contribution < -0.4 is 0 Å². The number of ether oxygens (including phenoxy) is 1. The Bertz CT molecular complexity index is 382. The topological polar surface area (TPSA) is 46.5 Å². The third-order valence-electron chi connectivity index (χ3n) is 2.28. The van der Waals surface area contributed by atoms with Crippen molar-refractivity contribution in [2.75, 3.05) is 0 Å². The van der Waals surface area contributed by atoms with E-state index >= 15 is 0 Å². The molecule has 1 unspecified atom stereocenters. The maximum atomic E-state index is 13.0. The molecule has 1 atom stereocenters. The lowest BCUT2D eigenvalue weighted by Crippen LogP contribution is -2.57. The monoisotopic (exact) mass is 330 g/mol. The Morgan fingerprint density at radius 2 is 1.67 bits per heavy atom. The van der Waals surface area contributed by atoms with E-state index in [1.165, 1.54) is 0 Å². The predicted octanol–water partition coefficient (Wildman–Crippen LogP) is 2.99. The number of esters is 1. The number of carbonyl (C=O) groups excluding carboxylic acids is 1. The first-order chi connectivity index (χ1) is 9.29. The van der Waals surface area contributed by atoms with Gasteiger partial charge >= 0.3 is 30.2 Å². The van der Waals surface area contributed by atoms with E-state index in [0.29, 0.717) is 6.08 Å². The minimum atomic E-state index is -6.35. The van der Waals surface area contributed by atoms with E-state index in [0.717, 1.165) is 0 Å². The van der Waals surface area contributed by atoms with Crippen molar-refractivity contribution < 1.29 is 49.8 Å². The number of carbonyl (C=O) groups is 1. The summed E-state index contributed by atoms with van der Waals surface area (Å²) in [7, 11) is 0. The molecule has 21 heavy (non-hydrogen) atoms. The summed E-state index contributed by atoms with van der Waals surface area (Å²) in [5.41, 5.74) is 0. The Hall–Kier alpha value is -1.39. The molecule has 0 radical (unpaired) electrons. The number of aliphatic hydroxyl groups excluding tert-OH is 1. The third kappa shape index (κ3) is 4.29. The summed E-state index contributed by atoms with van der Waals surface area (Å²) in [4.78, 5) is 10.5. The fourth-order valence-electron chi connectivity index (χ4n) is 1.08. The summed E-state index contributed by atoms with van der Waals surface area (Å²) >= 11 is 0. The van der Waals surface area contributed by atoms with Gasteiger partial charge in [-0.1, -0.05) is 6.58 Å². The van der Waals surface area contributed by atoms with Crippen LogP contribution in [0.3, 0.4) is 0 Å². The van der Waals surface area contributed by atoms with Gasteiger partial charge in [-0.3, -0.25) is 0 Å². The molecule has 0 aromatic heterocycles. The van der Waals surface area contributed by atoms with Gasteiger partial charge < -0.3 is 9.84 Å². The van der Waals surface area contributed by atoms with Crippen molar-refractivity contribution in [2.24, 2.45) is 0 Å². The molecule has 0 saturated heterocycles. The molecule has 11 heteroatoms. The number of hydrogen-bond donors (Lipinski definition) is 1. The van der Waals surface area contributed by atoms with Gasteiger partial charge in [0.15, 0.2) is 0 Å². The molecule has 0 aliphatic carbocycles. The van der Waals surface area contributed by atoms with Crippen LogP contribution in [0, 0.1) is 0 Å². The summed E-state index contributed by atoms with van der Waals surface area (Å²) in [5.74, 6) is -19.5. The zero-order valence-electron chi connectivity index (χ0n) is 10.1. The molecular weight excluding hydrogens is 320 g/mol. The lowest BCUT2D eigenvalue weighted by Gasteiger charge is -2.32. The molecule has 0 aromatic carbocycles. The first kappa shape index (κ1) is 19.6. The van der Waals surface area contributed by atoms with Gasteiger partial charge in [0.05, 0.1) is 0 Å². The number of halogens is 8. The van der Waals surface area contributed by atoms with E-state index in [1.807, 2.05) is 0 Å². The third-order valence-corrected chi connectivity index (χ3v) is 2.28. The van der Waals surface area contributed by atoms with Gasteiger partial charge in [-0.05, 0) is 0 Å². The van der Waals surface area contributed by atoms with Crippen LogP contribution in [0.4, 0.5) is 35.1 Å². The van der Waals surface area contributed by atoms with Crippen molar-refractivity contribution in [2.45, 2.75) is 43.3 Å². The van der Waals surface area contributed by atoms with Gasteiger partial charge in [0, 0.05) is 18.9 Å². The average molecular weight is 330 g/mol. The Kier molecular flexibility index (Phi) is 6.15. The highest BCUT2D eigenvalue weighted by Crippen LogP contribution is 2.50. The fourth-order valence-corrected chi connectivity index (χ4v) is 1.08. The minimum Gasteiger partial charge on any atom is -0.433 e. The fraction of sp³-hybridized carbons (Fsp3) is 0.700. The second kappa shape index (κ2) is 6.58. The molecule has 0 aliphatic heterocycles. The van der Waals surface area contributed by atoms with E-state index in [1.54, 1.807) is 0 Å². The van der Waals surface area contributed by atoms with E-state index in [9.17, 15) is 39.9 Å². The van der Waals surface area contributed by atoms with Crippen molar-refractivity contribution in [3.8, 4) is 0 Å². The average Bonchev–Trinajstić information content (AvgIpc) is 2.35. The van der Waals surface area contributed by atoms with Crippen molar-refractivity contribution >= 4 is 5.97 Å². The van der Waals surface area contributed by atoms with Crippen LogP contribution in [0.5, 0.6) is 0 Å². The van der Waals surface area contributed by atoms with Gasteiger partial charge in [0.1, 0.15) is 0 Å². The van der Waals surface area contributed by atoms with E-state index < -0.39 is 49.3 Å². The predicted molar refractivity (Wildman–Crippen MR) is 52.4 cm³/mol. The molecule has 124 valence electrons. The van der Waals surface area contributed by atoms with Crippen LogP contribution >= 0.6 is 0 Å². The molecule has 0 fully saturated rings. The van der Waals surface area contributed by atoms with Gasteiger partial charge in [-0.25, -0.2) is 13.6 Å². The standard InChI is InChI=1S/C10H10F8O3/c1-2-5(19)21-6(20)3-4-8(13,14)10(17,18)9(15,16)7(11)12/h2,6-7,20H,1,3-4H2. The highest BCUT2D eigenvalue weighted by Gasteiger charge is 2.74. The molecule has 0 rings (SSSR count). The van der Waals surface area contributed by atoms with Crippen molar-refractivity contribution in [3.63, 3.8) is 0 Å². The SMILES string of the molecule is C=CC(=O)OC(O)CCC(F)(F)C(F)(F)C(F)(F)C(F)F. The molecule has 0 bridgehead atoms. The van der Waals surface area contributed by atoms with Crippen molar-refractivity contribution in [1.29, 1.82) is 0 Å². The maximum absolute atomic E-state index is 13.0. The molecule has 3 nitrogen and oxygen atoms in total. The van der Waals surface area contributed by atoms with Crippen LogP contribution in [-0.4, -0.2) is 41.6 Å². The molecular formula is C10H10F8O3. The normalized spacial score (nSPS) is 15.0. The molecule has 0 saturated carbocycles. The largest absolute Gasteiger partial charge is 0.433 e. The number of alkyl halides is 8. The summed E-state index contributed by atoms with van der Waals surface area (Å²) in [5, 5.41) is 8.89. The second-order valence-corrected chi connectivity index (χ2v) is 3.84. The molecule has 0 amide bonds. The first-order valence-electron chi connectivity index (χ1n) is 5.22. The highest BCUT2D eigenvalue weighted by molar-refractivity contribution is 5.81. The molecule has 1 N–H and O–H groups in total. The number of rotatable bonds is 8. The van der Waals surface area contributed by atoms with E-state index in [4.69, 9.17) is 5.11 Å². The van der Waals surface area contributed by atoms with Gasteiger partial charge in [-0.15, -0.1) is 0 Å². The zero-order chi connectivity index (χ0) is 17.1. The quantitative estimate of drug-likeness (QED) is 0.322. The summed E-state index contributed by atoms with van der Waals surface area (Å²) in [6, 6.07) is 0. The Morgan fingerprint density at radius 3 is 2.05 bits per heavy atom.